The van der Waals surface area contributed by atoms with E-state index >= 15 is 0 Å². The minimum Gasteiger partial charge on any atom is -0.384 e. The van der Waals surface area contributed by atoms with Gasteiger partial charge in [-0.15, -0.1) is 0 Å². The lowest BCUT2D eigenvalue weighted by molar-refractivity contribution is 0.547. The zero-order chi connectivity index (χ0) is 13.9. The van der Waals surface area contributed by atoms with Gasteiger partial charge in [0.05, 0.1) is 0 Å². The number of nitrogens with zero attached hydrogens (tertiary/aromatic N) is 2. The van der Waals surface area contributed by atoms with E-state index < -0.39 is 0 Å². The third-order valence-electron chi connectivity index (χ3n) is 2.81. The van der Waals surface area contributed by atoms with Crippen LogP contribution in [-0.2, 0) is 5.41 Å². The topological polar surface area (TPSA) is 63.8 Å². The first kappa shape index (κ1) is 14.8. The van der Waals surface area contributed by atoms with Crippen LogP contribution < -0.4 is 11.1 Å². The summed E-state index contributed by atoms with van der Waals surface area (Å²) in [5, 5.41) is 4.06. The van der Waals surface area contributed by atoms with E-state index in [1.807, 2.05) is 29.6 Å². The normalized spacial score (nSPS) is 20.3. The van der Waals surface area contributed by atoms with Crippen LogP contribution in [0.5, 0.6) is 0 Å². The van der Waals surface area contributed by atoms with Gasteiger partial charge in [-0.05, 0) is 0 Å². The molecular formula is C13H22N4S2. The summed E-state index contributed by atoms with van der Waals surface area (Å²) in [6.45, 7) is 7.23. The molecule has 1 unspecified atom stereocenters. The van der Waals surface area contributed by atoms with Gasteiger partial charge in [0.15, 0.2) is 0 Å². The number of thioether (sulfide) groups is 2. The number of hydrogen-bond donors (Lipinski definition) is 2. The third kappa shape index (κ3) is 4.45. The molecule has 1 aliphatic rings. The van der Waals surface area contributed by atoms with Crippen molar-refractivity contribution in [3.63, 3.8) is 0 Å². The fourth-order valence-electron chi connectivity index (χ4n) is 1.76. The quantitative estimate of drug-likeness (QED) is 0.894. The molecule has 1 aromatic rings. The summed E-state index contributed by atoms with van der Waals surface area (Å²) in [4.78, 5) is 8.89. The Kier molecular flexibility index (Phi) is 4.84. The van der Waals surface area contributed by atoms with Crippen molar-refractivity contribution in [3.8, 4) is 0 Å². The van der Waals surface area contributed by atoms with Crippen LogP contribution in [-0.4, -0.2) is 39.0 Å². The van der Waals surface area contributed by atoms with Gasteiger partial charge in [-0.3, -0.25) is 0 Å². The average molecular weight is 298 g/mol. The van der Waals surface area contributed by atoms with Gasteiger partial charge in [0.1, 0.15) is 17.5 Å². The summed E-state index contributed by atoms with van der Waals surface area (Å²) < 4.78 is 0. The largest absolute Gasteiger partial charge is 0.384 e. The highest BCUT2D eigenvalue weighted by molar-refractivity contribution is 8.06. The molecule has 3 N–H and O–H groups in total. The minimum atomic E-state index is -0.0821. The summed E-state index contributed by atoms with van der Waals surface area (Å²) in [6, 6.07) is 1.82. The number of anilines is 2. The molecule has 106 valence electrons. The number of nitrogens with two attached hydrogens (primary N) is 1. The van der Waals surface area contributed by atoms with Crippen LogP contribution in [0.1, 0.15) is 26.6 Å². The zero-order valence-corrected chi connectivity index (χ0v) is 13.4. The molecule has 1 aromatic heterocycles. The molecule has 0 aliphatic carbocycles. The fourth-order valence-corrected chi connectivity index (χ4v) is 4.38. The molecular weight excluding hydrogens is 276 g/mol. The van der Waals surface area contributed by atoms with E-state index in [0.717, 1.165) is 18.2 Å². The average Bonchev–Trinajstić information content (AvgIpc) is 2.36. The van der Waals surface area contributed by atoms with Gasteiger partial charge in [-0.25, -0.2) is 9.97 Å². The summed E-state index contributed by atoms with van der Waals surface area (Å²) in [7, 11) is 0. The first-order chi connectivity index (χ1) is 8.95. The number of rotatable bonds is 3. The zero-order valence-electron chi connectivity index (χ0n) is 11.8. The Labute approximate surface area is 123 Å². The van der Waals surface area contributed by atoms with Crippen molar-refractivity contribution in [2.45, 2.75) is 31.4 Å². The molecule has 0 bridgehead atoms. The second-order valence-electron chi connectivity index (χ2n) is 5.70. The Morgan fingerprint density at radius 1 is 1.37 bits per heavy atom. The van der Waals surface area contributed by atoms with Gasteiger partial charge in [0, 0.05) is 40.5 Å². The number of nitrogen functional groups attached to an aromatic ring is 1. The maximum absolute atomic E-state index is 5.86. The predicted octanol–water partition coefficient (Wildman–Crippen LogP) is 2.62. The van der Waals surface area contributed by atoms with Crippen molar-refractivity contribution in [1.82, 2.24) is 9.97 Å². The Balaban J connectivity index is 2.01. The van der Waals surface area contributed by atoms with E-state index in [2.05, 4.69) is 36.1 Å². The first-order valence-electron chi connectivity index (χ1n) is 6.53. The van der Waals surface area contributed by atoms with Gasteiger partial charge in [-0.2, -0.15) is 23.5 Å². The standard InChI is InChI=1S/C13H22N4S2/c1-13(2,3)12-16-10(14)6-11(17-12)15-7-9-8-18-4-5-19-9/h6,9H,4-5,7-8H2,1-3H3,(H3,14,15,16,17). The monoisotopic (exact) mass is 298 g/mol. The number of nitrogens with one attached hydrogen (secondary N) is 1. The minimum absolute atomic E-state index is 0.0821. The van der Waals surface area contributed by atoms with E-state index in [1.165, 1.54) is 17.3 Å². The van der Waals surface area contributed by atoms with Crippen molar-refractivity contribution < 1.29 is 0 Å². The van der Waals surface area contributed by atoms with Crippen LogP contribution in [0.15, 0.2) is 6.07 Å². The van der Waals surface area contributed by atoms with Crippen molar-refractivity contribution in [3.05, 3.63) is 11.9 Å². The fraction of sp³-hybridized carbons (Fsp3) is 0.692. The summed E-state index contributed by atoms with van der Waals surface area (Å²) in [6.07, 6.45) is 0. The van der Waals surface area contributed by atoms with Crippen LogP contribution in [0, 0.1) is 0 Å². The molecule has 2 heterocycles. The first-order valence-corrected chi connectivity index (χ1v) is 8.74. The Morgan fingerprint density at radius 2 is 2.16 bits per heavy atom. The molecule has 2 rings (SSSR count). The number of hydrogen-bond acceptors (Lipinski definition) is 6. The second-order valence-corrected chi connectivity index (χ2v) is 8.26. The highest BCUT2D eigenvalue weighted by Gasteiger charge is 2.19. The van der Waals surface area contributed by atoms with Crippen LogP contribution in [0.25, 0.3) is 0 Å². The van der Waals surface area contributed by atoms with Crippen molar-refractivity contribution in [1.29, 1.82) is 0 Å². The molecule has 1 atom stereocenters. The maximum atomic E-state index is 5.86. The molecule has 1 fully saturated rings. The second kappa shape index (κ2) is 6.22. The van der Waals surface area contributed by atoms with Gasteiger partial charge < -0.3 is 11.1 Å². The molecule has 0 amide bonds. The molecule has 0 saturated carbocycles. The van der Waals surface area contributed by atoms with Crippen LogP contribution >= 0.6 is 23.5 Å². The molecule has 1 saturated heterocycles. The highest BCUT2D eigenvalue weighted by Crippen LogP contribution is 2.25. The molecule has 0 spiro atoms. The van der Waals surface area contributed by atoms with Crippen LogP contribution in [0.2, 0.25) is 0 Å². The van der Waals surface area contributed by atoms with Crippen LogP contribution in [0.4, 0.5) is 11.6 Å². The molecule has 4 nitrogen and oxygen atoms in total. The lowest BCUT2D eigenvalue weighted by Crippen LogP contribution is -2.24. The Hall–Kier alpha value is -0.620. The lowest BCUT2D eigenvalue weighted by atomic mass is 9.96. The Morgan fingerprint density at radius 3 is 2.79 bits per heavy atom. The molecule has 19 heavy (non-hydrogen) atoms. The third-order valence-corrected chi connectivity index (χ3v) is 5.66. The molecule has 0 radical (unpaired) electrons. The summed E-state index contributed by atoms with van der Waals surface area (Å²) in [5.74, 6) is 5.90. The van der Waals surface area contributed by atoms with Crippen molar-refractivity contribution in [2.24, 2.45) is 0 Å². The van der Waals surface area contributed by atoms with E-state index in [9.17, 15) is 0 Å². The highest BCUT2D eigenvalue weighted by atomic mass is 32.2. The van der Waals surface area contributed by atoms with Gasteiger partial charge in [-0.1, -0.05) is 20.8 Å². The smallest absolute Gasteiger partial charge is 0.138 e. The van der Waals surface area contributed by atoms with E-state index in [1.54, 1.807) is 0 Å². The van der Waals surface area contributed by atoms with E-state index in [0.29, 0.717) is 11.1 Å². The van der Waals surface area contributed by atoms with Crippen molar-refractivity contribution in [2.75, 3.05) is 34.9 Å². The molecule has 6 heteroatoms. The van der Waals surface area contributed by atoms with Gasteiger partial charge in [0.2, 0.25) is 0 Å². The van der Waals surface area contributed by atoms with Crippen LogP contribution in [0.3, 0.4) is 0 Å². The molecule has 0 aromatic carbocycles. The number of aromatic nitrogens is 2. The van der Waals surface area contributed by atoms with E-state index in [-0.39, 0.29) is 5.41 Å². The SMILES string of the molecule is CC(C)(C)c1nc(N)cc(NCC2CSCCS2)n1. The summed E-state index contributed by atoms with van der Waals surface area (Å²) >= 11 is 4.07. The molecule has 1 aliphatic heterocycles. The van der Waals surface area contributed by atoms with Gasteiger partial charge >= 0.3 is 0 Å². The Bertz CT molecular complexity index is 425. The van der Waals surface area contributed by atoms with E-state index in [4.69, 9.17) is 5.73 Å². The predicted molar refractivity (Wildman–Crippen MR) is 87.2 cm³/mol. The lowest BCUT2D eigenvalue weighted by Gasteiger charge is -2.22. The van der Waals surface area contributed by atoms with Crippen molar-refractivity contribution >= 4 is 35.2 Å². The summed E-state index contributed by atoms with van der Waals surface area (Å²) in [5.41, 5.74) is 5.78. The van der Waals surface area contributed by atoms with Gasteiger partial charge in [0.25, 0.3) is 0 Å². The maximum Gasteiger partial charge on any atom is 0.138 e.